The fourth-order valence-corrected chi connectivity index (χ4v) is 3.17. The molecule has 0 saturated heterocycles. The third-order valence-electron chi connectivity index (χ3n) is 4.17. The molecule has 3 aromatic carbocycles. The minimum atomic E-state index is -0.268. The number of aromatic hydroxyl groups is 1. The molecule has 0 saturated carbocycles. The molecule has 1 aliphatic rings. The molecule has 0 radical (unpaired) electrons. The van der Waals surface area contributed by atoms with Crippen LogP contribution in [-0.4, -0.2) is 11.1 Å². The van der Waals surface area contributed by atoms with Crippen LogP contribution in [0.5, 0.6) is 11.5 Å². The van der Waals surface area contributed by atoms with E-state index in [0.29, 0.717) is 12.2 Å². The van der Waals surface area contributed by atoms with Gasteiger partial charge in [0, 0.05) is 17.5 Å². The summed E-state index contributed by atoms with van der Waals surface area (Å²) in [4.78, 5) is 12.0. The van der Waals surface area contributed by atoms with Crippen LogP contribution in [0.4, 0.5) is 0 Å². The van der Waals surface area contributed by atoms with Crippen LogP contribution in [0.25, 0.3) is 10.8 Å². The number of esters is 1. The predicted octanol–water partition coefficient (Wildman–Crippen LogP) is 3.99. The van der Waals surface area contributed by atoms with Crippen molar-refractivity contribution in [3.05, 3.63) is 71.8 Å². The highest BCUT2D eigenvalue weighted by molar-refractivity contribution is 5.88. The van der Waals surface area contributed by atoms with Gasteiger partial charge < -0.3 is 9.84 Å². The van der Waals surface area contributed by atoms with Crippen molar-refractivity contribution in [3.8, 4) is 11.5 Å². The van der Waals surface area contributed by atoms with E-state index in [9.17, 15) is 9.90 Å². The molecular weight excluding hydrogens is 276 g/mol. The second kappa shape index (κ2) is 4.88. The van der Waals surface area contributed by atoms with Crippen molar-refractivity contribution in [2.75, 3.05) is 0 Å². The van der Waals surface area contributed by atoms with E-state index in [2.05, 4.69) is 24.3 Å². The lowest BCUT2D eigenvalue weighted by atomic mass is 9.84. The van der Waals surface area contributed by atoms with E-state index < -0.39 is 0 Å². The zero-order chi connectivity index (χ0) is 15.1. The molecule has 1 aliphatic heterocycles. The van der Waals surface area contributed by atoms with Gasteiger partial charge in [0.25, 0.3) is 0 Å². The second-order valence-corrected chi connectivity index (χ2v) is 5.52. The van der Waals surface area contributed by atoms with E-state index in [4.69, 9.17) is 4.74 Å². The number of fused-ring (bicyclic) bond motifs is 2. The summed E-state index contributed by atoms with van der Waals surface area (Å²) in [6.07, 6.45) is 0.311. The summed E-state index contributed by atoms with van der Waals surface area (Å²) >= 11 is 0. The number of hydrogen-bond donors (Lipinski definition) is 1. The smallest absolute Gasteiger partial charge is 0.312 e. The minimum Gasteiger partial charge on any atom is -0.508 e. The molecule has 0 bridgehead atoms. The summed E-state index contributed by atoms with van der Waals surface area (Å²) in [5.74, 6) is 0.235. The Kier molecular flexibility index (Phi) is 2.86. The van der Waals surface area contributed by atoms with Crippen LogP contribution >= 0.6 is 0 Å². The second-order valence-electron chi connectivity index (χ2n) is 5.52. The van der Waals surface area contributed by atoms with Gasteiger partial charge in [-0.3, -0.25) is 4.79 Å². The molecule has 0 fully saturated rings. The lowest BCUT2D eigenvalue weighted by Gasteiger charge is -2.26. The number of phenolic OH excluding ortho intramolecular Hbond substituents is 1. The molecular formula is C19H14O3. The highest BCUT2D eigenvalue weighted by Gasteiger charge is 2.29. The largest absolute Gasteiger partial charge is 0.508 e. The molecule has 1 heterocycles. The van der Waals surface area contributed by atoms with Gasteiger partial charge in [0.1, 0.15) is 11.5 Å². The highest BCUT2D eigenvalue weighted by Crippen LogP contribution is 2.42. The van der Waals surface area contributed by atoms with E-state index in [1.54, 1.807) is 6.07 Å². The molecule has 0 aliphatic carbocycles. The fourth-order valence-electron chi connectivity index (χ4n) is 3.17. The standard InChI is InChI=1S/C19H14O3/c20-13-8-9-16-17(11-19(21)22-18(16)10-13)15-7-3-5-12-4-1-2-6-14(12)15/h1-10,17,20H,11H2. The Morgan fingerprint density at radius 2 is 1.77 bits per heavy atom. The first kappa shape index (κ1) is 12.9. The number of benzene rings is 3. The molecule has 1 N–H and O–H groups in total. The normalized spacial score (nSPS) is 17.1. The van der Waals surface area contributed by atoms with Gasteiger partial charge in [0.15, 0.2) is 0 Å². The number of phenols is 1. The van der Waals surface area contributed by atoms with Crippen LogP contribution in [0.2, 0.25) is 0 Å². The average Bonchev–Trinajstić information content (AvgIpc) is 2.53. The first-order valence-electron chi connectivity index (χ1n) is 7.23. The van der Waals surface area contributed by atoms with Crippen LogP contribution < -0.4 is 4.74 Å². The van der Waals surface area contributed by atoms with Gasteiger partial charge in [0.05, 0.1) is 6.42 Å². The predicted molar refractivity (Wildman–Crippen MR) is 84.1 cm³/mol. The number of carbonyl (C=O) groups excluding carboxylic acids is 1. The molecule has 22 heavy (non-hydrogen) atoms. The number of rotatable bonds is 1. The van der Waals surface area contributed by atoms with E-state index in [0.717, 1.165) is 21.9 Å². The van der Waals surface area contributed by atoms with Crippen LogP contribution in [0.15, 0.2) is 60.7 Å². The topological polar surface area (TPSA) is 46.5 Å². The molecule has 3 nitrogen and oxygen atoms in total. The molecule has 0 aromatic heterocycles. The van der Waals surface area contributed by atoms with Crippen LogP contribution in [-0.2, 0) is 4.79 Å². The van der Waals surface area contributed by atoms with E-state index in [1.807, 2.05) is 24.3 Å². The minimum absolute atomic E-state index is 0.0528. The summed E-state index contributed by atoms with van der Waals surface area (Å²) in [7, 11) is 0. The van der Waals surface area contributed by atoms with E-state index >= 15 is 0 Å². The molecule has 1 unspecified atom stereocenters. The monoisotopic (exact) mass is 290 g/mol. The summed E-state index contributed by atoms with van der Waals surface area (Å²) < 4.78 is 5.28. The molecule has 4 rings (SSSR count). The Hall–Kier alpha value is -2.81. The van der Waals surface area contributed by atoms with Crippen molar-refractivity contribution < 1.29 is 14.6 Å². The van der Waals surface area contributed by atoms with Crippen LogP contribution in [0, 0.1) is 0 Å². The highest BCUT2D eigenvalue weighted by atomic mass is 16.5. The van der Waals surface area contributed by atoms with Crippen molar-refractivity contribution in [2.24, 2.45) is 0 Å². The molecule has 108 valence electrons. The number of carbonyl (C=O) groups is 1. The maximum atomic E-state index is 12.0. The molecule has 1 atom stereocenters. The third-order valence-corrected chi connectivity index (χ3v) is 4.17. The SMILES string of the molecule is O=C1CC(c2cccc3ccccc23)c2ccc(O)cc2O1. The Bertz CT molecular complexity index is 877. The van der Waals surface area contributed by atoms with Gasteiger partial charge in [-0.2, -0.15) is 0 Å². The zero-order valence-electron chi connectivity index (χ0n) is 11.8. The van der Waals surface area contributed by atoms with Crippen molar-refractivity contribution in [2.45, 2.75) is 12.3 Å². The Labute approximate surface area is 127 Å². The third kappa shape index (κ3) is 2.02. The van der Waals surface area contributed by atoms with E-state index in [-0.39, 0.29) is 17.6 Å². The molecule has 0 amide bonds. The first-order chi connectivity index (χ1) is 10.7. The van der Waals surface area contributed by atoms with Crippen LogP contribution in [0.3, 0.4) is 0 Å². The number of ether oxygens (including phenoxy) is 1. The quantitative estimate of drug-likeness (QED) is 0.544. The van der Waals surface area contributed by atoms with Gasteiger partial charge in [0.2, 0.25) is 0 Å². The van der Waals surface area contributed by atoms with Crippen molar-refractivity contribution in [1.82, 2.24) is 0 Å². The van der Waals surface area contributed by atoms with Gasteiger partial charge in [-0.1, -0.05) is 48.5 Å². The fraction of sp³-hybridized carbons (Fsp3) is 0.105. The Morgan fingerprint density at radius 3 is 2.68 bits per heavy atom. The van der Waals surface area contributed by atoms with Crippen LogP contribution in [0.1, 0.15) is 23.5 Å². The average molecular weight is 290 g/mol. The Morgan fingerprint density at radius 1 is 0.955 bits per heavy atom. The summed E-state index contributed by atoms with van der Waals surface area (Å²) in [6, 6.07) is 19.3. The lowest BCUT2D eigenvalue weighted by Crippen LogP contribution is -2.21. The van der Waals surface area contributed by atoms with Gasteiger partial charge in [-0.05, 0) is 22.4 Å². The molecule has 3 aromatic rings. The van der Waals surface area contributed by atoms with E-state index in [1.165, 1.54) is 6.07 Å². The van der Waals surface area contributed by atoms with Crippen molar-refractivity contribution >= 4 is 16.7 Å². The maximum Gasteiger partial charge on any atom is 0.312 e. The summed E-state index contributed by atoms with van der Waals surface area (Å²) in [5.41, 5.74) is 2.05. The summed E-state index contributed by atoms with van der Waals surface area (Å²) in [6.45, 7) is 0. The molecule has 3 heteroatoms. The zero-order valence-corrected chi connectivity index (χ0v) is 11.8. The number of hydrogen-bond acceptors (Lipinski definition) is 3. The van der Waals surface area contributed by atoms with Crippen molar-refractivity contribution in [3.63, 3.8) is 0 Å². The summed E-state index contributed by atoms with van der Waals surface area (Å²) in [5, 5.41) is 11.9. The van der Waals surface area contributed by atoms with Gasteiger partial charge in [-0.15, -0.1) is 0 Å². The van der Waals surface area contributed by atoms with Gasteiger partial charge in [-0.25, -0.2) is 0 Å². The Balaban J connectivity index is 1.94. The van der Waals surface area contributed by atoms with Gasteiger partial charge >= 0.3 is 5.97 Å². The maximum absolute atomic E-state index is 12.0. The van der Waals surface area contributed by atoms with Crippen molar-refractivity contribution in [1.29, 1.82) is 0 Å². The first-order valence-corrected chi connectivity index (χ1v) is 7.23. The molecule has 0 spiro atoms. The lowest BCUT2D eigenvalue weighted by molar-refractivity contribution is -0.135.